The van der Waals surface area contributed by atoms with Crippen LogP contribution in [0, 0.1) is 0 Å². The Morgan fingerprint density at radius 2 is 1.88 bits per heavy atom. The molecular weight excluding hydrogens is 330 g/mol. The lowest BCUT2D eigenvalue weighted by molar-refractivity contribution is 0.0946. The lowest BCUT2D eigenvalue weighted by Gasteiger charge is -2.19. The van der Waals surface area contributed by atoms with Gasteiger partial charge in [0, 0.05) is 30.2 Å². The number of carbonyl (C=O) groups is 1. The normalized spacial score (nSPS) is 13.1. The maximum absolute atomic E-state index is 12.2. The van der Waals surface area contributed by atoms with E-state index in [0.717, 1.165) is 23.2 Å². The number of methoxy groups -OCH3 is 2. The van der Waals surface area contributed by atoms with Gasteiger partial charge < -0.3 is 14.8 Å². The summed E-state index contributed by atoms with van der Waals surface area (Å²) in [6.45, 7) is 0.680. The standard InChI is InChI=1S/C20H19N3O3/c1-25-16-4-3-5-17(26-2)18(16)19-21-10-11-23(19)14-7-6-13-8-9-22-20(24)15(13)12-14/h3-7,10-12H,8-9H2,1-2H3,(H,22,24). The molecule has 0 unspecified atom stereocenters. The molecule has 0 spiro atoms. The van der Waals surface area contributed by atoms with E-state index < -0.39 is 0 Å². The average Bonchev–Trinajstić information content (AvgIpc) is 3.16. The van der Waals surface area contributed by atoms with Crippen molar-refractivity contribution in [1.82, 2.24) is 14.9 Å². The molecule has 1 aliphatic rings. The summed E-state index contributed by atoms with van der Waals surface area (Å²) < 4.78 is 13.0. The van der Waals surface area contributed by atoms with Crippen molar-refractivity contribution in [2.45, 2.75) is 6.42 Å². The van der Waals surface area contributed by atoms with E-state index in [4.69, 9.17) is 9.47 Å². The second kappa shape index (κ2) is 6.55. The molecule has 0 bridgehead atoms. The summed E-state index contributed by atoms with van der Waals surface area (Å²) in [4.78, 5) is 16.7. The minimum absolute atomic E-state index is 0.0374. The third-order valence-electron chi connectivity index (χ3n) is 4.59. The second-order valence-corrected chi connectivity index (χ2v) is 6.01. The van der Waals surface area contributed by atoms with E-state index in [1.54, 1.807) is 20.4 Å². The topological polar surface area (TPSA) is 65.4 Å². The Morgan fingerprint density at radius 3 is 2.62 bits per heavy atom. The number of ether oxygens (including phenoxy) is 2. The molecule has 2 heterocycles. The highest BCUT2D eigenvalue weighted by Gasteiger charge is 2.21. The molecule has 0 radical (unpaired) electrons. The van der Waals surface area contributed by atoms with Crippen molar-refractivity contribution < 1.29 is 14.3 Å². The second-order valence-electron chi connectivity index (χ2n) is 6.01. The van der Waals surface area contributed by atoms with Crippen molar-refractivity contribution in [3.63, 3.8) is 0 Å². The number of amides is 1. The Kier molecular flexibility index (Phi) is 4.08. The molecule has 0 atom stereocenters. The molecule has 0 aliphatic carbocycles. The van der Waals surface area contributed by atoms with Gasteiger partial charge in [0.1, 0.15) is 17.1 Å². The number of imidazole rings is 1. The fourth-order valence-corrected chi connectivity index (χ4v) is 3.32. The van der Waals surface area contributed by atoms with Gasteiger partial charge in [-0.15, -0.1) is 0 Å². The van der Waals surface area contributed by atoms with E-state index in [9.17, 15) is 4.79 Å². The number of nitrogens with zero attached hydrogens (tertiary/aromatic N) is 2. The van der Waals surface area contributed by atoms with Crippen LogP contribution in [-0.2, 0) is 6.42 Å². The first kappa shape index (κ1) is 16.2. The highest BCUT2D eigenvalue weighted by molar-refractivity contribution is 5.97. The molecule has 3 aromatic rings. The van der Waals surface area contributed by atoms with Gasteiger partial charge in [-0.3, -0.25) is 9.36 Å². The predicted octanol–water partition coefficient (Wildman–Crippen LogP) is 2.84. The molecule has 1 aromatic heterocycles. The summed E-state index contributed by atoms with van der Waals surface area (Å²) in [5.41, 5.74) is 3.40. The molecule has 0 fully saturated rings. The molecule has 2 aromatic carbocycles. The third-order valence-corrected chi connectivity index (χ3v) is 4.59. The van der Waals surface area contributed by atoms with E-state index in [0.29, 0.717) is 29.4 Å². The molecule has 1 amide bonds. The summed E-state index contributed by atoms with van der Waals surface area (Å²) in [6, 6.07) is 11.5. The van der Waals surface area contributed by atoms with Crippen LogP contribution in [0.1, 0.15) is 15.9 Å². The molecule has 1 aliphatic heterocycles. The van der Waals surface area contributed by atoms with E-state index >= 15 is 0 Å². The van der Waals surface area contributed by atoms with E-state index in [-0.39, 0.29) is 5.91 Å². The molecule has 6 nitrogen and oxygen atoms in total. The Hall–Kier alpha value is -3.28. The SMILES string of the molecule is COc1cccc(OC)c1-c1nccn1-c1ccc2c(c1)C(=O)NCC2. The summed E-state index contributed by atoms with van der Waals surface area (Å²) in [6.07, 6.45) is 4.43. The van der Waals surface area contributed by atoms with Crippen molar-refractivity contribution >= 4 is 5.91 Å². The van der Waals surface area contributed by atoms with Gasteiger partial charge in [0.25, 0.3) is 5.91 Å². The molecule has 1 N–H and O–H groups in total. The average molecular weight is 349 g/mol. The predicted molar refractivity (Wildman–Crippen MR) is 98.1 cm³/mol. The van der Waals surface area contributed by atoms with Crippen LogP contribution in [-0.4, -0.2) is 36.2 Å². The zero-order chi connectivity index (χ0) is 18.1. The van der Waals surface area contributed by atoms with Crippen LogP contribution in [0.5, 0.6) is 11.5 Å². The van der Waals surface area contributed by atoms with Crippen molar-refractivity contribution in [1.29, 1.82) is 0 Å². The molecule has 0 saturated heterocycles. The number of nitrogens with one attached hydrogen (secondary N) is 1. The first-order valence-electron chi connectivity index (χ1n) is 8.39. The Bertz CT molecular complexity index is 956. The minimum atomic E-state index is -0.0374. The Morgan fingerprint density at radius 1 is 1.12 bits per heavy atom. The van der Waals surface area contributed by atoms with Crippen LogP contribution >= 0.6 is 0 Å². The van der Waals surface area contributed by atoms with Crippen LogP contribution in [0.2, 0.25) is 0 Å². The van der Waals surface area contributed by atoms with Crippen molar-refractivity contribution in [3.05, 3.63) is 59.9 Å². The maximum atomic E-state index is 12.2. The van der Waals surface area contributed by atoms with Crippen LogP contribution in [0.25, 0.3) is 17.1 Å². The zero-order valence-corrected chi connectivity index (χ0v) is 14.7. The van der Waals surface area contributed by atoms with Crippen molar-refractivity contribution in [2.24, 2.45) is 0 Å². The van der Waals surface area contributed by atoms with Crippen molar-refractivity contribution in [2.75, 3.05) is 20.8 Å². The van der Waals surface area contributed by atoms with Gasteiger partial charge in [0.2, 0.25) is 0 Å². The fraction of sp³-hybridized carbons (Fsp3) is 0.200. The fourth-order valence-electron chi connectivity index (χ4n) is 3.32. The molecule has 4 rings (SSSR count). The maximum Gasteiger partial charge on any atom is 0.251 e. The lowest BCUT2D eigenvalue weighted by atomic mass is 9.99. The van der Waals surface area contributed by atoms with Crippen LogP contribution in [0.4, 0.5) is 0 Å². The highest BCUT2D eigenvalue weighted by atomic mass is 16.5. The molecular formula is C20H19N3O3. The lowest BCUT2D eigenvalue weighted by Crippen LogP contribution is -2.31. The van der Waals surface area contributed by atoms with Gasteiger partial charge in [-0.1, -0.05) is 12.1 Å². The minimum Gasteiger partial charge on any atom is -0.496 e. The van der Waals surface area contributed by atoms with Gasteiger partial charge in [-0.2, -0.15) is 0 Å². The number of rotatable bonds is 4. The van der Waals surface area contributed by atoms with Crippen molar-refractivity contribution in [3.8, 4) is 28.6 Å². The summed E-state index contributed by atoms with van der Waals surface area (Å²) >= 11 is 0. The largest absolute Gasteiger partial charge is 0.496 e. The van der Waals surface area contributed by atoms with Gasteiger partial charge >= 0.3 is 0 Å². The van der Waals surface area contributed by atoms with Gasteiger partial charge in [-0.25, -0.2) is 4.98 Å². The summed E-state index contributed by atoms with van der Waals surface area (Å²) in [7, 11) is 3.24. The smallest absolute Gasteiger partial charge is 0.251 e. The van der Waals surface area contributed by atoms with E-state index in [2.05, 4.69) is 10.3 Å². The Balaban J connectivity index is 1.87. The number of hydrogen-bond donors (Lipinski definition) is 1. The van der Waals surface area contributed by atoms with Gasteiger partial charge in [0.15, 0.2) is 5.82 Å². The van der Waals surface area contributed by atoms with Gasteiger partial charge in [-0.05, 0) is 36.2 Å². The number of fused-ring (bicyclic) bond motifs is 1. The first-order valence-corrected chi connectivity index (χ1v) is 8.39. The van der Waals surface area contributed by atoms with Crippen LogP contribution in [0.3, 0.4) is 0 Å². The monoisotopic (exact) mass is 349 g/mol. The van der Waals surface area contributed by atoms with E-state index in [1.807, 2.05) is 47.2 Å². The van der Waals surface area contributed by atoms with Crippen LogP contribution < -0.4 is 14.8 Å². The highest BCUT2D eigenvalue weighted by Crippen LogP contribution is 2.38. The van der Waals surface area contributed by atoms with E-state index in [1.165, 1.54) is 0 Å². The zero-order valence-electron chi connectivity index (χ0n) is 14.7. The molecule has 6 heteroatoms. The number of benzene rings is 2. The molecule has 132 valence electrons. The molecule has 0 saturated carbocycles. The number of carbonyl (C=O) groups excluding carboxylic acids is 1. The van der Waals surface area contributed by atoms with Crippen LogP contribution in [0.15, 0.2) is 48.8 Å². The summed E-state index contributed by atoms with van der Waals surface area (Å²) in [5.74, 6) is 2.00. The van der Waals surface area contributed by atoms with Gasteiger partial charge in [0.05, 0.1) is 14.2 Å². The quantitative estimate of drug-likeness (QED) is 0.787. The number of hydrogen-bond acceptors (Lipinski definition) is 4. The first-order chi connectivity index (χ1) is 12.7. The Labute approximate surface area is 151 Å². The summed E-state index contributed by atoms with van der Waals surface area (Å²) in [5, 5.41) is 2.89. The molecule has 26 heavy (non-hydrogen) atoms. The third kappa shape index (κ3) is 2.60. The number of aromatic nitrogens is 2.